The molecule has 0 rings (SSSR count). The van der Waals surface area contributed by atoms with E-state index in [1.165, 1.54) is 0 Å². The van der Waals surface area contributed by atoms with Crippen LogP contribution in [0, 0.1) is 0 Å². The van der Waals surface area contributed by atoms with Crippen molar-refractivity contribution in [1.29, 1.82) is 0 Å². The number of ketones is 3. The molecule has 0 spiro atoms. The average molecular weight is 395 g/mol. The summed E-state index contributed by atoms with van der Waals surface area (Å²) in [5.41, 5.74) is -13.8. The summed E-state index contributed by atoms with van der Waals surface area (Å²) in [7, 11) is 2.96. The van der Waals surface area contributed by atoms with Gasteiger partial charge in [0.25, 0.3) is 0 Å². The van der Waals surface area contributed by atoms with Crippen LogP contribution in [0.25, 0.3) is 0 Å². The van der Waals surface area contributed by atoms with Gasteiger partial charge < -0.3 is 30.6 Å². The van der Waals surface area contributed by atoms with Crippen molar-refractivity contribution in [3.8, 4) is 0 Å². The van der Waals surface area contributed by atoms with Gasteiger partial charge in [0.1, 0.15) is 6.23 Å². The van der Waals surface area contributed by atoms with Crippen LogP contribution in [-0.4, -0.2) is 104 Å². The third-order valence-corrected chi connectivity index (χ3v) is 4.87. The maximum Gasteiger partial charge on any atom is 0.209 e. The van der Waals surface area contributed by atoms with Crippen molar-refractivity contribution in [1.82, 2.24) is 16.0 Å². The van der Waals surface area contributed by atoms with E-state index in [-0.39, 0.29) is 0 Å². The van der Waals surface area contributed by atoms with Crippen LogP contribution in [0.4, 0.5) is 0 Å². The van der Waals surface area contributed by atoms with E-state index in [0.29, 0.717) is 13.8 Å². The molecule has 0 heterocycles. The number of rotatable bonds is 11. The number of likely N-dealkylation sites (N-methyl/N-ethyl adjacent to an activating group) is 3. The Hall–Kier alpha value is -1.35. The lowest BCUT2D eigenvalue weighted by atomic mass is 9.64. The number of hydrogen-bond acceptors (Lipinski definition) is 12. The zero-order chi connectivity index (χ0) is 22.0. The van der Waals surface area contributed by atoms with Crippen molar-refractivity contribution in [2.75, 3.05) is 21.1 Å². The minimum atomic E-state index is -3.67. The molecule has 0 aromatic heterocycles. The molecule has 158 valence electrons. The highest BCUT2D eigenvalue weighted by atomic mass is 16.5. The molecule has 6 atom stereocenters. The zero-order valence-electron chi connectivity index (χ0n) is 16.1. The van der Waals surface area contributed by atoms with Gasteiger partial charge in [-0.3, -0.25) is 30.3 Å². The Morgan fingerprint density at radius 3 is 1.48 bits per heavy atom. The Morgan fingerprint density at radius 2 is 1.26 bits per heavy atom. The van der Waals surface area contributed by atoms with Crippen molar-refractivity contribution in [3.63, 3.8) is 0 Å². The molecule has 27 heavy (non-hydrogen) atoms. The van der Waals surface area contributed by atoms with Crippen molar-refractivity contribution in [3.05, 3.63) is 0 Å². The van der Waals surface area contributed by atoms with Gasteiger partial charge in [0.05, 0.1) is 0 Å². The first-order valence-electron chi connectivity index (χ1n) is 7.93. The first kappa shape index (κ1) is 25.6. The molecule has 0 saturated carbocycles. The first-order valence-corrected chi connectivity index (χ1v) is 7.93. The fraction of sp³-hybridized carbons (Fsp3) is 0.800. The largest absolute Gasteiger partial charge is 0.381 e. The van der Waals surface area contributed by atoms with Crippen LogP contribution in [0.1, 0.15) is 20.8 Å². The van der Waals surface area contributed by atoms with E-state index in [1.54, 1.807) is 0 Å². The van der Waals surface area contributed by atoms with Crippen LogP contribution in [0.2, 0.25) is 0 Å². The fourth-order valence-electron chi connectivity index (χ4n) is 3.11. The van der Waals surface area contributed by atoms with Crippen molar-refractivity contribution in [2.24, 2.45) is 0 Å². The molecular formula is C15H29N3O9. The lowest BCUT2D eigenvalue weighted by Gasteiger charge is -2.56. The molecule has 12 nitrogen and oxygen atoms in total. The molecule has 0 aliphatic heterocycles. The molecule has 0 aromatic carbocycles. The first-order chi connectivity index (χ1) is 12.1. The molecule has 12 heteroatoms. The predicted molar refractivity (Wildman–Crippen MR) is 91.0 cm³/mol. The monoisotopic (exact) mass is 395 g/mol. The highest BCUT2D eigenvalue weighted by molar-refractivity contribution is 5.99. The second-order valence-corrected chi connectivity index (χ2v) is 6.27. The van der Waals surface area contributed by atoms with Gasteiger partial charge in [-0.25, -0.2) is 0 Å². The highest BCUT2D eigenvalue weighted by Gasteiger charge is 2.76. The van der Waals surface area contributed by atoms with Gasteiger partial charge in [0.2, 0.25) is 16.9 Å². The molecule has 0 aromatic rings. The van der Waals surface area contributed by atoms with E-state index >= 15 is 0 Å². The second-order valence-electron chi connectivity index (χ2n) is 6.27. The van der Waals surface area contributed by atoms with Crippen LogP contribution in [0.3, 0.4) is 0 Å². The molecule has 0 fully saturated rings. The lowest BCUT2D eigenvalue weighted by molar-refractivity contribution is -0.323. The Kier molecular flexibility index (Phi) is 7.93. The highest BCUT2D eigenvalue weighted by Crippen LogP contribution is 2.41. The van der Waals surface area contributed by atoms with E-state index in [4.69, 9.17) is 0 Å². The third-order valence-electron chi connectivity index (χ3n) is 4.87. The zero-order valence-corrected chi connectivity index (χ0v) is 16.1. The standard InChI is InChI=1S/C15H29N3O9/c1-7(19)10(22)14(26,17-5)15(27,18-6)13(25,9(3)21)12(24,8(2)20)11(23)16-4/h10-11,16-18,22-27H,1-6H3/t10?,11?,12-,13-,14+,15+/m1/s1. The number of nitrogens with one attached hydrogen (secondary N) is 3. The lowest BCUT2D eigenvalue weighted by Crippen LogP contribution is -2.90. The summed E-state index contributed by atoms with van der Waals surface area (Å²) in [5.74, 6) is -3.94. The molecule has 2 unspecified atom stereocenters. The Balaban J connectivity index is 7.23. The normalized spacial score (nSPS) is 23.1. The molecule has 0 bridgehead atoms. The summed E-state index contributed by atoms with van der Waals surface area (Å²) in [4.78, 5) is 36.2. The van der Waals surface area contributed by atoms with Crippen LogP contribution < -0.4 is 16.0 Å². The predicted octanol–water partition coefficient (Wildman–Crippen LogP) is -5.07. The van der Waals surface area contributed by atoms with Crippen LogP contribution in [-0.2, 0) is 14.4 Å². The quantitative estimate of drug-likeness (QED) is 0.151. The number of aliphatic hydroxyl groups is 6. The molecule has 0 radical (unpaired) electrons. The second kappa shape index (κ2) is 8.34. The van der Waals surface area contributed by atoms with Gasteiger partial charge in [0.15, 0.2) is 29.2 Å². The van der Waals surface area contributed by atoms with Crippen molar-refractivity contribution in [2.45, 2.75) is 55.8 Å². The van der Waals surface area contributed by atoms with Gasteiger partial charge in [-0.05, 0) is 41.9 Å². The van der Waals surface area contributed by atoms with E-state index in [9.17, 15) is 45.0 Å². The number of hydrogen-bond donors (Lipinski definition) is 9. The fourth-order valence-corrected chi connectivity index (χ4v) is 3.11. The number of aliphatic hydroxyl groups excluding tert-OH is 2. The van der Waals surface area contributed by atoms with Gasteiger partial charge in [0, 0.05) is 0 Å². The summed E-state index contributed by atoms with van der Waals surface area (Å²) in [5, 5.41) is 70.2. The van der Waals surface area contributed by atoms with Gasteiger partial charge in [-0.15, -0.1) is 0 Å². The number of carbonyl (C=O) groups is 3. The van der Waals surface area contributed by atoms with Crippen LogP contribution in [0.15, 0.2) is 0 Å². The molecule has 0 aliphatic carbocycles. The van der Waals surface area contributed by atoms with E-state index in [2.05, 4.69) is 5.32 Å². The number of carbonyl (C=O) groups excluding carboxylic acids is 3. The van der Waals surface area contributed by atoms with Gasteiger partial charge >= 0.3 is 0 Å². The minimum Gasteiger partial charge on any atom is -0.381 e. The maximum absolute atomic E-state index is 12.4. The average Bonchev–Trinajstić information content (AvgIpc) is 2.62. The van der Waals surface area contributed by atoms with E-state index in [1.807, 2.05) is 10.6 Å². The maximum atomic E-state index is 12.4. The minimum absolute atomic E-state index is 0.662. The van der Waals surface area contributed by atoms with E-state index in [0.717, 1.165) is 28.1 Å². The summed E-state index contributed by atoms with van der Waals surface area (Å²) < 4.78 is 0. The van der Waals surface area contributed by atoms with Crippen molar-refractivity contribution >= 4 is 17.3 Å². The summed E-state index contributed by atoms with van der Waals surface area (Å²) in [6.45, 7) is 2.22. The Morgan fingerprint density at radius 1 is 0.815 bits per heavy atom. The Bertz CT molecular complexity index is 603. The molecule has 0 amide bonds. The SMILES string of the molecule is CNC(O)[C@](O)(C(C)=O)[C@](O)(C(C)=O)[C@@](O)(NC)[C@](O)(NC)C(O)C(C)=O. The third kappa shape index (κ3) is 3.33. The smallest absolute Gasteiger partial charge is 0.209 e. The van der Waals surface area contributed by atoms with Crippen molar-refractivity contribution < 1.29 is 45.0 Å². The summed E-state index contributed by atoms with van der Waals surface area (Å²) in [6.07, 6.45) is -4.74. The Labute approximate surface area is 156 Å². The molecular weight excluding hydrogens is 366 g/mol. The molecule has 0 saturated heterocycles. The van der Waals surface area contributed by atoms with Crippen LogP contribution in [0.5, 0.6) is 0 Å². The van der Waals surface area contributed by atoms with E-state index < -0.39 is 52.3 Å². The topological polar surface area (TPSA) is 209 Å². The van der Waals surface area contributed by atoms with Gasteiger partial charge in [-0.2, -0.15) is 0 Å². The summed E-state index contributed by atoms with van der Waals surface area (Å²) >= 11 is 0. The number of Topliss-reactive ketones (excluding diaryl/α,β-unsaturated/α-hetero) is 3. The van der Waals surface area contributed by atoms with Gasteiger partial charge in [-0.1, -0.05) is 0 Å². The molecule has 9 N–H and O–H groups in total. The van der Waals surface area contributed by atoms with Crippen LogP contribution >= 0.6 is 0 Å². The molecule has 0 aliphatic rings. The summed E-state index contributed by atoms with van der Waals surface area (Å²) in [6, 6.07) is 0.